The summed E-state index contributed by atoms with van der Waals surface area (Å²) in [6.45, 7) is 6.80. The van der Waals surface area contributed by atoms with E-state index in [2.05, 4.69) is 32.2 Å². The molecule has 0 saturated heterocycles. The zero-order valence-corrected chi connectivity index (χ0v) is 8.85. The van der Waals surface area contributed by atoms with Crippen LogP contribution >= 0.6 is 0 Å². The molecule has 1 N–H and O–H groups in total. The first-order valence-corrected chi connectivity index (χ1v) is 5.34. The van der Waals surface area contributed by atoms with Crippen LogP contribution in [0.15, 0.2) is 22.9 Å². The normalized spacial score (nSPS) is 33.6. The van der Waals surface area contributed by atoms with Crippen molar-refractivity contribution in [3.05, 3.63) is 22.9 Å². The minimum atomic E-state index is 0.534. The first kappa shape index (κ1) is 8.86. The smallest absolute Gasteiger partial charge is 0.0418 e. The summed E-state index contributed by atoms with van der Waals surface area (Å²) in [5.41, 5.74) is 4.62. The summed E-state index contributed by atoms with van der Waals surface area (Å²) < 4.78 is 0. The number of dihydropyridines is 1. The minimum Gasteiger partial charge on any atom is -0.382 e. The average molecular weight is 177 g/mol. The highest BCUT2D eigenvalue weighted by Crippen LogP contribution is 2.36. The summed E-state index contributed by atoms with van der Waals surface area (Å²) in [5, 5.41) is 3.50. The van der Waals surface area contributed by atoms with Gasteiger partial charge in [0.05, 0.1) is 0 Å². The van der Waals surface area contributed by atoms with Crippen molar-refractivity contribution in [2.75, 3.05) is 0 Å². The summed E-state index contributed by atoms with van der Waals surface area (Å²) in [6.07, 6.45) is 6.33. The summed E-state index contributed by atoms with van der Waals surface area (Å²) >= 11 is 0. The molecule has 1 aliphatic heterocycles. The predicted molar refractivity (Wildman–Crippen MR) is 56.4 cm³/mol. The molecule has 1 aliphatic carbocycles. The van der Waals surface area contributed by atoms with Crippen molar-refractivity contribution in [3.63, 3.8) is 0 Å². The molecule has 1 heterocycles. The maximum absolute atomic E-state index is 3.50. The molecule has 0 aromatic carbocycles. The Bertz CT molecular complexity index is 273. The van der Waals surface area contributed by atoms with Crippen LogP contribution in [0.3, 0.4) is 0 Å². The molecule has 2 aliphatic rings. The quantitative estimate of drug-likeness (QED) is 0.600. The largest absolute Gasteiger partial charge is 0.382 e. The Balaban J connectivity index is 2.27. The van der Waals surface area contributed by atoms with Crippen molar-refractivity contribution >= 4 is 0 Å². The van der Waals surface area contributed by atoms with Crippen LogP contribution in [0.25, 0.3) is 0 Å². The van der Waals surface area contributed by atoms with Crippen LogP contribution in [0.1, 0.15) is 40.0 Å². The highest BCUT2D eigenvalue weighted by atomic mass is 14.9. The molecule has 72 valence electrons. The zero-order valence-electron chi connectivity index (χ0n) is 8.85. The lowest BCUT2D eigenvalue weighted by Crippen LogP contribution is -2.29. The van der Waals surface area contributed by atoms with E-state index >= 15 is 0 Å². The van der Waals surface area contributed by atoms with Gasteiger partial charge in [0.15, 0.2) is 0 Å². The molecule has 1 heteroatoms. The molecule has 2 rings (SSSR count). The van der Waals surface area contributed by atoms with E-state index in [1.165, 1.54) is 25.0 Å². The van der Waals surface area contributed by atoms with E-state index in [0.717, 1.165) is 5.92 Å². The minimum absolute atomic E-state index is 0.534. The van der Waals surface area contributed by atoms with Crippen LogP contribution in [0.4, 0.5) is 0 Å². The zero-order chi connectivity index (χ0) is 9.42. The van der Waals surface area contributed by atoms with Crippen molar-refractivity contribution in [3.8, 4) is 0 Å². The Morgan fingerprint density at radius 1 is 1.38 bits per heavy atom. The van der Waals surface area contributed by atoms with E-state index in [4.69, 9.17) is 0 Å². The van der Waals surface area contributed by atoms with Gasteiger partial charge in [-0.25, -0.2) is 0 Å². The van der Waals surface area contributed by atoms with Crippen LogP contribution in [-0.2, 0) is 0 Å². The van der Waals surface area contributed by atoms with E-state index in [9.17, 15) is 0 Å². The maximum atomic E-state index is 3.50. The molecular weight excluding hydrogens is 158 g/mol. The van der Waals surface area contributed by atoms with Crippen LogP contribution in [0.2, 0.25) is 0 Å². The highest BCUT2D eigenvalue weighted by molar-refractivity contribution is 5.40. The molecule has 1 saturated carbocycles. The SMILES string of the molecule is CC1=C2CC(C)CCC2=CC(C)N1. The number of fused-ring (bicyclic) bond motifs is 1. The summed E-state index contributed by atoms with van der Waals surface area (Å²) in [6, 6.07) is 0.534. The second-order valence-corrected chi connectivity index (χ2v) is 4.58. The van der Waals surface area contributed by atoms with Crippen LogP contribution in [-0.4, -0.2) is 6.04 Å². The standard InChI is InChI=1S/C12H19N/c1-8-4-5-11-7-9(2)13-10(3)12(11)6-8/h7-9,13H,4-6H2,1-3H3. The van der Waals surface area contributed by atoms with Crippen molar-refractivity contribution in [2.24, 2.45) is 5.92 Å². The topological polar surface area (TPSA) is 12.0 Å². The molecular formula is C12H19N. The predicted octanol–water partition coefficient (Wildman–Crippen LogP) is 3.00. The third-order valence-corrected chi connectivity index (χ3v) is 3.19. The Morgan fingerprint density at radius 2 is 2.15 bits per heavy atom. The van der Waals surface area contributed by atoms with E-state index < -0.39 is 0 Å². The molecule has 0 aromatic heterocycles. The number of rotatable bonds is 0. The number of allylic oxidation sites excluding steroid dienone is 3. The van der Waals surface area contributed by atoms with Gasteiger partial charge in [-0.05, 0) is 50.2 Å². The van der Waals surface area contributed by atoms with Crippen LogP contribution in [0.5, 0.6) is 0 Å². The molecule has 2 unspecified atom stereocenters. The average Bonchev–Trinajstić information content (AvgIpc) is 2.06. The molecule has 2 atom stereocenters. The van der Waals surface area contributed by atoms with E-state index in [1.807, 2.05) is 0 Å². The summed E-state index contributed by atoms with van der Waals surface area (Å²) in [4.78, 5) is 0. The van der Waals surface area contributed by atoms with Gasteiger partial charge in [-0.3, -0.25) is 0 Å². The molecule has 1 nitrogen and oxygen atoms in total. The first-order valence-electron chi connectivity index (χ1n) is 5.34. The van der Waals surface area contributed by atoms with Crippen molar-refractivity contribution in [1.82, 2.24) is 5.32 Å². The molecule has 1 fully saturated rings. The summed E-state index contributed by atoms with van der Waals surface area (Å²) in [7, 11) is 0. The lowest BCUT2D eigenvalue weighted by molar-refractivity contribution is 0.482. The van der Waals surface area contributed by atoms with Crippen molar-refractivity contribution < 1.29 is 0 Å². The van der Waals surface area contributed by atoms with Gasteiger partial charge in [0, 0.05) is 11.7 Å². The Morgan fingerprint density at radius 3 is 2.92 bits per heavy atom. The highest BCUT2D eigenvalue weighted by Gasteiger charge is 2.22. The monoisotopic (exact) mass is 177 g/mol. The van der Waals surface area contributed by atoms with Gasteiger partial charge >= 0.3 is 0 Å². The fourth-order valence-corrected chi connectivity index (χ4v) is 2.48. The van der Waals surface area contributed by atoms with E-state index in [0.29, 0.717) is 6.04 Å². The fraction of sp³-hybridized carbons (Fsp3) is 0.667. The number of nitrogens with one attached hydrogen (secondary N) is 1. The number of hydrogen-bond donors (Lipinski definition) is 1. The van der Waals surface area contributed by atoms with Gasteiger partial charge in [0.1, 0.15) is 0 Å². The Kier molecular flexibility index (Phi) is 2.19. The lowest BCUT2D eigenvalue weighted by atomic mass is 9.80. The van der Waals surface area contributed by atoms with E-state index in [1.54, 1.807) is 11.1 Å². The lowest BCUT2D eigenvalue weighted by Gasteiger charge is -2.31. The molecule has 13 heavy (non-hydrogen) atoms. The molecule has 0 amide bonds. The van der Waals surface area contributed by atoms with Gasteiger partial charge in [-0.15, -0.1) is 0 Å². The molecule has 0 bridgehead atoms. The van der Waals surface area contributed by atoms with Gasteiger partial charge < -0.3 is 5.32 Å². The molecule has 0 radical (unpaired) electrons. The third kappa shape index (κ3) is 1.65. The van der Waals surface area contributed by atoms with Crippen molar-refractivity contribution in [1.29, 1.82) is 0 Å². The number of hydrogen-bond acceptors (Lipinski definition) is 1. The van der Waals surface area contributed by atoms with E-state index in [-0.39, 0.29) is 0 Å². The van der Waals surface area contributed by atoms with Crippen molar-refractivity contribution in [2.45, 2.75) is 46.1 Å². The second-order valence-electron chi connectivity index (χ2n) is 4.58. The Hall–Kier alpha value is -0.720. The second kappa shape index (κ2) is 3.21. The van der Waals surface area contributed by atoms with Gasteiger partial charge in [-0.1, -0.05) is 13.0 Å². The van der Waals surface area contributed by atoms with Gasteiger partial charge in [0.2, 0.25) is 0 Å². The summed E-state index contributed by atoms with van der Waals surface area (Å²) in [5.74, 6) is 0.873. The fourth-order valence-electron chi connectivity index (χ4n) is 2.48. The Labute approximate surface area is 80.9 Å². The van der Waals surface area contributed by atoms with Gasteiger partial charge in [-0.2, -0.15) is 0 Å². The molecule has 0 aromatic rings. The van der Waals surface area contributed by atoms with Crippen LogP contribution < -0.4 is 5.32 Å². The molecule has 0 spiro atoms. The van der Waals surface area contributed by atoms with Gasteiger partial charge in [0.25, 0.3) is 0 Å². The maximum Gasteiger partial charge on any atom is 0.0418 e. The first-order chi connectivity index (χ1) is 6.16. The van der Waals surface area contributed by atoms with Crippen LogP contribution in [0, 0.1) is 5.92 Å². The third-order valence-electron chi connectivity index (χ3n) is 3.19.